The van der Waals surface area contributed by atoms with E-state index in [9.17, 15) is 9.59 Å². The third-order valence-corrected chi connectivity index (χ3v) is 5.15. The highest BCUT2D eigenvalue weighted by molar-refractivity contribution is 5.94. The van der Waals surface area contributed by atoms with Gasteiger partial charge in [-0.05, 0) is 47.8 Å². The molecule has 0 spiro atoms. The first-order valence-electron chi connectivity index (χ1n) is 9.57. The van der Waals surface area contributed by atoms with E-state index >= 15 is 0 Å². The van der Waals surface area contributed by atoms with Crippen LogP contribution in [-0.2, 0) is 16.0 Å². The maximum Gasteiger partial charge on any atom is 0.246 e. The van der Waals surface area contributed by atoms with Crippen molar-refractivity contribution in [1.82, 2.24) is 14.9 Å². The number of aryl methyl sites for hydroxylation is 1. The minimum absolute atomic E-state index is 0.00936. The highest BCUT2D eigenvalue weighted by Gasteiger charge is 2.19. The third kappa shape index (κ3) is 4.18. The molecule has 148 valence electrons. The second-order valence-electron chi connectivity index (χ2n) is 7.00. The molecule has 0 radical (unpaired) electrons. The molecule has 0 saturated carbocycles. The molecular formula is C22H22N4O3. The number of fused-ring (bicyclic) bond motifs is 1. The SMILES string of the molecule is COc1ccncc1C1=CCN(C(=O)/C=C/c2cnc3c(c2)CCC(=O)N3)CC1. The van der Waals surface area contributed by atoms with Crippen LogP contribution in [0, 0.1) is 0 Å². The van der Waals surface area contributed by atoms with E-state index in [1.54, 1.807) is 42.8 Å². The second kappa shape index (κ2) is 8.26. The van der Waals surface area contributed by atoms with Crippen molar-refractivity contribution in [2.75, 3.05) is 25.5 Å². The summed E-state index contributed by atoms with van der Waals surface area (Å²) < 4.78 is 5.40. The predicted molar refractivity (Wildman–Crippen MR) is 110 cm³/mol. The number of ether oxygens (including phenoxy) is 1. The zero-order valence-corrected chi connectivity index (χ0v) is 16.2. The van der Waals surface area contributed by atoms with Gasteiger partial charge in [-0.25, -0.2) is 4.98 Å². The van der Waals surface area contributed by atoms with E-state index in [1.165, 1.54) is 0 Å². The van der Waals surface area contributed by atoms with Crippen LogP contribution in [0.4, 0.5) is 5.82 Å². The minimum Gasteiger partial charge on any atom is -0.496 e. The molecule has 2 aliphatic heterocycles. The largest absolute Gasteiger partial charge is 0.496 e. The Morgan fingerprint density at radius 3 is 2.97 bits per heavy atom. The summed E-state index contributed by atoms with van der Waals surface area (Å²) in [4.78, 5) is 34.2. The van der Waals surface area contributed by atoms with Crippen LogP contribution in [-0.4, -0.2) is 46.9 Å². The second-order valence-corrected chi connectivity index (χ2v) is 7.00. The van der Waals surface area contributed by atoms with Crippen LogP contribution >= 0.6 is 0 Å². The zero-order valence-electron chi connectivity index (χ0n) is 16.2. The highest BCUT2D eigenvalue weighted by Crippen LogP contribution is 2.29. The fourth-order valence-electron chi connectivity index (χ4n) is 3.55. The number of amides is 2. The lowest BCUT2D eigenvalue weighted by atomic mass is 10.00. The summed E-state index contributed by atoms with van der Waals surface area (Å²) in [6, 6.07) is 3.81. The molecular weight excluding hydrogens is 368 g/mol. The van der Waals surface area contributed by atoms with Gasteiger partial charge in [-0.15, -0.1) is 0 Å². The molecule has 2 aliphatic rings. The van der Waals surface area contributed by atoms with Crippen molar-refractivity contribution in [3.05, 3.63) is 59.6 Å². The van der Waals surface area contributed by atoms with E-state index in [1.807, 2.05) is 12.1 Å². The quantitative estimate of drug-likeness (QED) is 0.812. The van der Waals surface area contributed by atoms with Crippen LogP contribution in [0.3, 0.4) is 0 Å². The molecule has 4 heterocycles. The predicted octanol–water partition coefficient (Wildman–Crippen LogP) is 2.70. The summed E-state index contributed by atoms with van der Waals surface area (Å²) >= 11 is 0. The molecule has 1 N–H and O–H groups in total. The molecule has 2 amide bonds. The Morgan fingerprint density at radius 2 is 2.17 bits per heavy atom. The van der Waals surface area contributed by atoms with Crippen molar-refractivity contribution >= 4 is 29.3 Å². The summed E-state index contributed by atoms with van der Waals surface area (Å²) in [5.74, 6) is 1.36. The summed E-state index contributed by atoms with van der Waals surface area (Å²) in [6.45, 7) is 1.19. The number of hydrogen-bond acceptors (Lipinski definition) is 5. The van der Waals surface area contributed by atoms with Gasteiger partial charge in [0.1, 0.15) is 11.6 Å². The highest BCUT2D eigenvalue weighted by atomic mass is 16.5. The van der Waals surface area contributed by atoms with Gasteiger partial charge in [-0.1, -0.05) is 6.08 Å². The molecule has 4 rings (SSSR count). The molecule has 7 nitrogen and oxygen atoms in total. The van der Waals surface area contributed by atoms with Crippen LogP contribution in [0.15, 0.2) is 42.9 Å². The number of anilines is 1. The number of hydrogen-bond donors (Lipinski definition) is 1. The number of nitrogens with one attached hydrogen (secondary N) is 1. The average molecular weight is 390 g/mol. The molecule has 7 heteroatoms. The summed E-state index contributed by atoms with van der Waals surface area (Å²) in [6.07, 6.45) is 12.5. The number of carbonyl (C=O) groups is 2. The number of rotatable bonds is 4. The van der Waals surface area contributed by atoms with E-state index < -0.39 is 0 Å². The van der Waals surface area contributed by atoms with Crippen molar-refractivity contribution in [1.29, 1.82) is 0 Å². The maximum absolute atomic E-state index is 12.6. The van der Waals surface area contributed by atoms with Crippen LogP contribution in [0.5, 0.6) is 5.75 Å². The first-order valence-corrected chi connectivity index (χ1v) is 9.57. The maximum atomic E-state index is 12.6. The van der Waals surface area contributed by atoms with Gasteiger partial charge in [0.05, 0.1) is 7.11 Å². The van der Waals surface area contributed by atoms with Crippen LogP contribution in [0.25, 0.3) is 11.6 Å². The Hall–Kier alpha value is -3.48. The number of carbonyl (C=O) groups excluding carboxylic acids is 2. The Morgan fingerprint density at radius 1 is 1.28 bits per heavy atom. The Kier molecular flexibility index (Phi) is 5.37. The molecule has 0 bridgehead atoms. The lowest BCUT2D eigenvalue weighted by Crippen LogP contribution is -2.33. The van der Waals surface area contributed by atoms with Crippen LogP contribution in [0.2, 0.25) is 0 Å². The topological polar surface area (TPSA) is 84.4 Å². The number of pyridine rings is 2. The first kappa shape index (κ1) is 18.9. The smallest absolute Gasteiger partial charge is 0.246 e. The first-order chi connectivity index (χ1) is 14.1. The molecule has 2 aromatic heterocycles. The van der Waals surface area contributed by atoms with Gasteiger partial charge in [0.15, 0.2) is 0 Å². The summed E-state index contributed by atoms with van der Waals surface area (Å²) in [7, 11) is 1.65. The van der Waals surface area contributed by atoms with E-state index in [4.69, 9.17) is 4.74 Å². The van der Waals surface area contributed by atoms with E-state index in [0.29, 0.717) is 31.7 Å². The van der Waals surface area contributed by atoms with Crippen molar-refractivity contribution in [2.45, 2.75) is 19.3 Å². The molecule has 2 aromatic rings. The van der Waals surface area contributed by atoms with Crippen molar-refractivity contribution in [3.63, 3.8) is 0 Å². The zero-order chi connectivity index (χ0) is 20.2. The van der Waals surface area contributed by atoms with Gasteiger partial charge < -0.3 is 15.0 Å². The summed E-state index contributed by atoms with van der Waals surface area (Å²) in [5, 5.41) is 2.76. The fraction of sp³-hybridized carbons (Fsp3) is 0.273. The minimum atomic E-state index is -0.0375. The van der Waals surface area contributed by atoms with Gasteiger partial charge in [0.2, 0.25) is 11.8 Å². The van der Waals surface area contributed by atoms with E-state index in [2.05, 4.69) is 21.4 Å². The van der Waals surface area contributed by atoms with Crippen LogP contribution < -0.4 is 10.1 Å². The molecule has 0 aliphatic carbocycles. The van der Waals surface area contributed by atoms with Gasteiger partial charge in [0, 0.05) is 49.7 Å². The van der Waals surface area contributed by atoms with Gasteiger partial charge in [0.25, 0.3) is 0 Å². The average Bonchev–Trinajstić information content (AvgIpc) is 2.77. The molecule has 0 atom stereocenters. The summed E-state index contributed by atoms with van der Waals surface area (Å²) in [5.41, 5.74) is 3.96. The van der Waals surface area contributed by atoms with E-state index in [-0.39, 0.29) is 11.8 Å². The number of aromatic nitrogens is 2. The number of nitrogens with zero attached hydrogens (tertiary/aromatic N) is 3. The molecule has 0 saturated heterocycles. The Bertz CT molecular complexity index is 1010. The Labute approximate surface area is 169 Å². The van der Waals surface area contributed by atoms with Gasteiger partial charge in [-0.3, -0.25) is 14.6 Å². The standard InChI is InChI=1S/C22H22N4O3/c1-29-19-6-9-23-14-18(19)16-7-10-26(11-8-16)21(28)5-2-15-12-17-3-4-20(27)25-22(17)24-13-15/h2,5-7,9,12-14H,3-4,8,10-11H2,1H3,(H,24,25,27)/b5-2+. The Balaban J connectivity index is 1.41. The van der Waals surface area contributed by atoms with Gasteiger partial charge >= 0.3 is 0 Å². The number of methoxy groups -OCH3 is 1. The molecule has 0 fully saturated rings. The monoisotopic (exact) mass is 390 g/mol. The van der Waals surface area contributed by atoms with Crippen molar-refractivity contribution in [3.8, 4) is 5.75 Å². The lowest BCUT2D eigenvalue weighted by Gasteiger charge is -2.26. The third-order valence-electron chi connectivity index (χ3n) is 5.15. The lowest BCUT2D eigenvalue weighted by molar-refractivity contribution is -0.125. The molecule has 0 aromatic carbocycles. The van der Waals surface area contributed by atoms with Crippen molar-refractivity contribution in [2.24, 2.45) is 0 Å². The van der Waals surface area contributed by atoms with E-state index in [0.717, 1.165) is 34.4 Å². The van der Waals surface area contributed by atoms with Gasteiger partial charge in [-0.2, -0.15) is 0 Å². The van der Waals surface area contributed by atoms with Crippen LogP contribution in [0.1, 0.15) is 29.5 Å². The van der Waals surface area contributed by atoms with Crippen molar-refractivity contribution < 1.29 is 14.3 Å². The normalized spacial score (nSPS) is 16.2. The molecule has 29 heavy (non-hydrogen) atoms. The molecule has 0 unspecified atom stereocenters. The fourth-order valence-corrected chi connectivity index (χ4v) is 3.55.